The Kier molecular flexibility index (Phi) is 7.31. The molecule has 30 heavy (non-hydrogen) atoms. The zero-order valence-corrected chi connectivity index (χ0v) is 16.7. The Morgan fingerprint density at radius 3 is 2.20 bits per heavy atom. The van der Waals surface area contributed by atoms with Crippen molar-refractivity contribution in [3.05, 3.63) is 59.2 Å². The van der Waals surface area contributed by atoms with E-state index in [1.807, 2.05) is 0 Å². The van der Waals surface area contributed by atoms with E-state index in [1.165, 1.54) is 26.2 Å². The van der Waals surface area contributed by atoms with Crippen molar-refractivity contribution in [2.24, 2.45) is 5.92 Å². The molecule has 0 aliphatic rings. The summed E-state index contributed by atoms with van der Waals surface area (Å²) in [6, 6.07) is 9.75. The number of anilines is 1. The summed E-state index contributed by atoms with van der Waals surface area (Å²) in [6.45, 7) is 1.29. The lowest BCUT2D eigenvalue weighted by atomic mass is 9.95. The van der Waals surface area contributed by atoms with Crippen molar-refractivity contribution in [1.82, 2.24) is 0 Å². The van der Waals surface area contributed by atoms with Gasteiger partial charge in [0, 0.05) is 12.1 Å². The summed E-state index contributed by atoms with van der Waals surface area (Å²) in [5.41, 5.74) is 5.02. The SMILES string of the molecule is COC(=O)C(C)C(=O)OC(Cc1c(N)cccc1C(F)(F)F)c1ccc(OC)cc1. The van der Waals surface area contributed by atoms with Crippen LogP contribution < -0.4 is 10.5 Å². The number of hydrogen-bond donors (Lipinski definition) is 1. The Labute approximate surface area is 171 Å². The van der Waals surface area contributed by atoms with Crippen molar-refractivity contribution in [1.29, 1.82) is 0 Å². The monoisotopic (exact) mass is 425 g/mol. The molecule has 6 nitrogen and oxygen atoms in total. The summed E-state index contributed by atoms with van der Waals surface area (Å²) in [4.78, 5) is 24.1. The van der Waals surface area contributed by atoms with E-state index in [2.05, 4.69) is 4.74 Å². The molecule has 0 aliphatic heterocycles. The minimum absolute atomic E-state index is 0.0830. The Morgan fingerprint density at radius 1 is 1.03 bits per heavy atom. The van der Waals surface area contributed by atoms with Crippen LogP contribution in [0.2, 0.25) is 0 Å². The topological polar surface area (TPSA) is 87.9 Å². The van der Waals surface area contributed by atoms with Crippen molar-refractivity contribution in [3.63, 3.8) is 0 Å². The van der Waals surface area contributed by atoms with E-state index in [0.717, 1.165) is 13.2 Å². The fourth-order valence-corrected chi connectivity index (χ4v) is 2.84. The second kappa shape index (κ2) is 9.51. The fourth-order valence-electron chi connectivity index (χ4n) is 2.84. The predicted octanol–water partition coefficient (Wildman–Crippen LogP) is 3.93. The first-order valence-electron chi connectivity index (χ1n) is 8.95. The molecule has 9 heteroatoms. The Morgan fingerprint density at radius 2 is 1.67 bits per heavy atom. The average Bonchev–Trinajstić information content (AvgIpc) is 2.72. The van der Waals surface area contributed by atoms with Crippen LogP contribution in [0.15, 0.2) is 42.5 Å². The van der Waals surface area contributed by atoms with Crippen molar-refractivity contribution in [2.45, 2.75) is 25.6 Å². The zero-order chi connectivity index (χ0) is 22.5. The normalized spacial score (nSPS) is 13.3. The molecule has 2 rings (SSSR count). The second-order valence-electron chi connectivity index (χ2n) is 6.52. The van der Waals surface area contributed by atoms with Crippen molar-refractivity contribution >= 4 is 17.6 Å². The number of nitrogen functional groups attached to an aromatic ring is 1. The van der Waals surface area contributed by atoms with Crippen LogP contribution in [0.4, 0.5) is 18.9 Å². The van der Waals surface area contributed by atoms with Gasteiger partial charge in [0.1, 0.15) is 11.9 Å². The molecule has 2 aromatic carbocycles. The third kappa shape index (κ3) is 5.43. The van der Waals surface area contributed by atoms with Crippen LogP contribution in [0, 0.1) is 5.92 Å². The van der Waals surface area contributed by atoms with Gasteiger partial charge in [0.2, 0.25) is 0 Å². The van der Waals surface area contributed by atoms with Gasteiger partial charge in [-0.05, 0) is 42.3 Å². The molecule has 0 aliphatic carbocycles. The van der Waals surface area contributed by atoms with Gasteiger partial charge in [0.15, 0.2) is 5.92 Å². The molecule has 0 fully saturated rings. The van der Waals surface area contributed by atoms with Crippen molar-refractivity contribution in [3.8, 4) is 5.75 Å². The molecule has 2 N–H and O–H groups in total. The number of benzene rings is 2. The number of carbonyl (C=O) groups excluding carboxylic acids is 2. The quantitative estimate of drug-likeness (QED) is 0.411. The standard InChI is InChI=1S/C21H22F3NO5/c1-12(19(26)29-3)20(27)30-18(13-7-9-14(28-2)10-8-13)11-15-16(21(22,23)24)5-4-6-17(15)25/h4-10,12,18H,11,25H2,1-3H3. The molecule has 0 bridgehead atoms. The summed E-state index contributed by atoms with van der Waals surface area (Å²) >= 11 is 0. The van der Waals surface area contributed by atoms with Gasteiger partial charge >= 0.3 is 18.1 Å². The molecule has 0 saturated heterocycles. The molecule has 0 aromatic heterocycles. The number of nitrogens with two attached hydrogens (primary N) is 1. The van der Waals surface area contributed by atoms with Gasteiger partial charge in [-0.25, -0.2) is 0 Å². The lowest BCUT2D eigenvalue weighted by Gasteiger charge is -2.23. The minimum Gasteiger partial charge on any atom is -0.497 e. The molecule has 2 atom stereocenters. The molecule has 2 unspecified atom stereocenters. The third-order valence-corrected chi connectivity index (χ3v) is 4.56. The highest BCUT2D eigenvalue weighted by atomic mass is 19.4. The first-order chi connectivity index (χ1) is 14.1. The van der Waals surface area contributed by atoms with Gasteiger partial charge in [-0.1, -0.05) is 18.2 Å². The molecule has 0 heterocycles. The van der Waals surface area contributed by atoms with E-state index >= 15 is 0 Å². The lowest BCUT2D eigenvalue weighted by molar-refractivity contribution is -0.163. The number of rotatable bonds is 7. The number of halogens is 3. The Bertz CT molecular complexity index is 897. The van der Waals surface area contributed by atoms with Crippen LogP contribution in [-0.4, -0.2) is 26.2 Å². The maximum Gasteiger partial charge on any atom is 0.416 e. The van der Waals surface area contributed by atoms with E-state index < -0.39 is 35.7 Å². The molecule has 0 amide bonds. The molecule has 2 aromatic rings. The molecule has 0 spiro atoms. The van der Waals surface area contributed by atoms with Gasteiger partial charge in [0.25, 0.3) is 0 Å². The van der Waals surface area contributed by atoms with Crippen LogP contribution in [0.5, 0.6) is 5.75 Å². The van der Waals surface area contributed by atoms with Crippen LogP contribution in [-0.2, 0) is 31.7 Å². The van der Waals surface area contributed by atoms with Crippen LogP contribution in [0.25, 0.3) is 0 Å². The molecule has 0 saturated carbocycles. The third-order valence-electron chi connectivity index (χ3n) is 4.56. The van der Waals surface area contributed by atoms with Crippen LogP contribution >= 0.6 is 0 Å². The van der Waals surface area contributed by atoms with E-state index in [1.54, 1.807) is 24.3 Å². The van der Waals surface area contributed by atoms with Gasteiger partial charge in [0.05, 0.1) is 19.8 Å². The highest BCUT2D eigenvalue weighted by molar-refractivity contribution is 5.94. The number of carbonyl (C=O) groups is 2. The number of hydrogen-bond acceptors (Lipinski definition) is 6. The number of ether oxygens (including phenoxy) is 3. The first-order valence-corrected chi connectivity index (χ1v) is 8.95. The molecular formula is C21H22F3NO5. The first kappa shape index (κ1) is 23.1. The zero-order valence-electron chi connectivity index (χ0n) is 16.7. The fraction of sp³-hybridized carbons (Fsp3) is 0.333. The van der Waals surface area contributed by atoms with E-state index in [4.69, 9.17) is 15.2 Å². The molecule has 162 valence electrons. The maximum absolute atomic E-state index is 13.5. The van der Waals surface area contributed by atoms with Crippen LogP contribution in [0.3, 0.4) is 0 Å². The highest BCUT2D eigenvalue weighted by Gasteiger charge is 2.36. The minimum atomic E-state index is -4.64. The Hall–Kier alpha value is -3.23. The van der Waals surface area contributed by atoms with E-state index in [-0.39, 0.29) is 17.7 Å². The predicted molar refractivity (Wildman–Crippen MR) is 103 cm³/mol. The van der Waals surface area contributed by atoms with Gasteiger partial charge in [-0.3, -0.25) is 9.59 Å². The lowest BCUT2D eigenvalue weighted by Crippen LogP contribution is -2.27. The van der Waals surface area contributed by atoms with Crippen molar-refractivity contribution in [2.75, 3.05) is 20.0 Å². The summed E-state index contributed by atoms with van der Waals surface area (Å²) < 4.78 is 55.5. The number of alkyl halides is 3. The van der Waals surface area contributed by atoms with E-state index in [9.17, 15) is 22.8 Å². The van der Waals surface area contributed by atoms with Crippen molar-refractivity contribution < 1.29 is 37.0 Å². The smallest absolute Gasteiger partial charge is 0.416 e. The maximum atomic E-state index is 13.5. The number of methoxy groups -OCH3 is 2. The Balaban J connectivity index is 2.44. The highest BCUT2D eigenvalue weighted by Crippen LogP contribution is 2.37. The number of esters is 2. The summed E-state index contributed by atoms with van der Waals surface area (Å²) in [5, 5.41) is 0. The summed E-state index contributed by atoms with van der Waals surface area (Å²) in [7, 11) is 2.58. The van der Waals surface area contributed by atoms with Gasteiger partial charge < -0.3 is 19.9 Å². The largest absolute Gasteiger partial charge is 0.497 e. The molecule has 0 radical (unpaired) electrons. The molecular weight excluding hydrogens is 403 g/mol. The van der Waals surface area contributed by atoms with Gasteiger partial charge in [-0.15, -0.1) is 0 Å². The average molecular weight is 425 g/mol. The van der Waals surface area contributed by atoms with Crippen LogP contribution in [0.1, 0.15) is 29.7 Å². The van der Waals surface area contributed by atoms with E-state index in [0.29, 0.717) is 11.3 Å². The summed E-state index contributed by atoms with van der Waals surface area (Å²) in [5.74, 6) is -2.47. The summed E-state index contributed by atoms with van der Waals surface area (Å²) in [6.07, 6.45) is -6.10. The second-order valence-corrected chi connectivity index (χ2v) is 6.52. The van der Waals surface area contributed by atoms with Gasteiger partial charge in [-0.2, -0.15) is 13.2 Å².